The zero-order valence-electron chi connectivity index (χ0n) is 12.7. The van der Waals surface area contributed by atoms with Crippen molar-refractivity contribution in [2.75, 3.05) is 0 Å². The van der Waals surface area contributed by atoms with Gasteiger partial charge < -0.3 is 0 Å². The molecule has 98 valence electrons. The first-order valence-corrected chi connectivity index (χ1v) is 7.18. The Labute approximate surface area is 169 Å². The van der Waals surface area contributed by atoms with Crippen LogP contribution in [0.25, 0.3) is 0 Å². The van der Waals surface area contributed by atoms with E-state index in [0.29, 0.717) is 0 Å². The number of benzene rings is 3. The maximum atomic E-state index is 2.36. The van der Waals surface area contributed by atoms with E-state index in [2.05, 4.69) is 97.8 Å². The molecule has 0 nitrogen and oxygen atoms in total. The molecule has 0 aliphatic heterocycles. The Hall–Kier alpha value is -0.639. The van der Waals surface area contributed by atoms with Crippen molar-refractivity contribution >= 4 is 22.5 Å². The van der Waals surface area contributed by atoms with E-state index in [1.54, 1.807) is 0 Å². The Balaban J connectivity index is 0.00000161. The summed E-state index contributed by atoms with van der Waals surface area (Å²) in [4.78, 5) is 0. The molecule has 0 heterocycles. The molecular weight excluding hydrogens is 278 g/mol. The Morgan fingerprint density at radius 3 is 0.952 bits per heavy atom. The van der Waals surface area contributed by atoms with E-state index in [-0.39, 0.29) is 51.4 Å². The molecule has 0 aliphatic rings. The average molecular weight is 296 g/mol. The molecule has 0 radical (unpaired) electrons. The molecule has 0 spiro atoms. The summed E-state index contributed by atoms with van der Waals surface area (Å²) in [5.74, 6) is 0. The average Bonchev–Trinajstić information content (AvgIpc) is 2.56. The van der Waals surface area contributed by atoms with Gasteiger partial charge in [-0.05, 0) is 0 Å². The van der Waals surface area contributed by atoms with Gasteiger partial charge in [0.15, 0.2) is 0 Å². The maximum Gasteiger partial charge on any atom is 1.00 e. The van der Waals surface area contributed by atoms with Crippen LogP contribution in [-0.4, -0.2) is 6.15 Å². The fourth-order valence-electron chi connectivity index (χ4n) is 3.09. The molecule has 0 saturated carbocycles. The summed E-state index contributed by atoms with van der Waals surface area (Å²) < 4.78 is 0. The fraction of sp³-hybridized carbons (Fsp3) is 0.0526. The first-order valence-electron chi connectivity index (χ1n) is 7.18. The van der Waals surface area contributed by atoms with Gasteiger partial charge in [-0.15, -0.1) is 0 Å². The third-order valence-electron chi connectivity index (χ3n) is 4.40. The fourth-order valence-corrected chi connectivity index (χ4v) is 3.09. The number of hydrogen-bond donors (Lipinski definition) is 0. The summed E-state index contributed by atoms with van der Waals surface area (Å²) in [6.45, 7) is 2.36. The van der Waals surface area contributed by atoms with Crippen LogP contribution >= 0.6 is 0 Å². The third-order valence-corrected chi connectivity index (χ3v) is 4.40. The summed E-state index contributed by atoms with van der Waals surface area (Å²) in [5, 5.41) is 0. The van der Waals surface area contributed by atoms with Crippen molar-refractivity contribution in [2.24, 2.45) is 0 Å². The number of rotatable bonds is 3. The van der Waals surface area contributed by atoms with Gasteiger partial charge in [-0.3, -0.25) is 0 Å². The van der Waals surface area contributed by atoms with Crippen molar-refractivity contribution in [3.8, 4) is 0 Å². The SMILES string of the molecule is C[B-](c1ccccc1)(c1ccccc1)c1ccccc1.[K+]. The predicted molar refractivity (Wildman–Crippen MR) is 89.8 cm³/mol. The summed E-state index contributed by atoms with van der Waals surface area (Å²) >= 11 is 0. The van der Waals surface area contributed by atoms with Crippen LogP contribution in [0.15, 0.2) is 91.0 Å². The van der Waals surface area contributed by atoms with E-state index in [0.717, 1.165) is 0 Å². The standard InChI is InChI=1S/C19H18B.K/c1-20(17-11-5-2-6-12-17,18-13-7-3-8-14-18)19-15-9-4-10-16-19;/h2-16H,1H3;/q-1;+1. The minimum absolute atomic E-state index is 0. The molecule has 21 heavy (non-hydrogen) atoms. The van der Waals surface area contributed by atoms with Gasteiger partial charge in [0.25, 0.3) is 0 Å². The van der Waals surface area contributed by atoms with Crippen LogP contribution in [0.5, 0.6) is 0 Å². The van der Waals surface area contributed by atoms with Crippen molar-refractivity contribution in [3.05, 3.63) is 91.0 Å². The van der Waals surface area contributed by atoms with Gasteiger partial charge in [0.2, 0.25) is 0 Å². The topological polar surface area (TPSA) is 0 Å². The second-order valence-electron chi connectivity index (χ2n) is 5.53. The summed E-state index contributed by atoms with van der Waals surface area (Å²) in [6, 6.07) is 32.4. The van der Waals surface area contributed by atoms with Gasteiger partial charge in [0, 0.05) is 0 Å². The largest absolute Gasteiger partial charge is 1.00 e. The van der Waals surface area contributed by atoms with E-state index in [4.69, 9.17) is 0 Å². The van der Waals surface area contributed by atoms with Crippen molar-refractivity contribution in [1.29, 1.82) is 0 Å². The Morgan fingerprint density at radius 2 is 0.714 bits per heavy atom. The summed E-state index contributed by atoms with van der Waals surface area (Å²) in [7, 11) is 0. The molecule has 3 rings (SSSR count). The van der Waals surface area contributed by atoms with Crippen molar-refractivity contribution in [2.45, 2.75) is 6.82 Å². The monoisotopic (exact) mass is 296 g/mol. The molecule has 0 atom stereocenters. The first-order chi connectivity index (χ1) is 9.82. The molecular formula is C19H18BK. The third kappa shape index (κ3) is 3.41. The number of hydrogen-bond acceptors (Lipinski definition) is 0. The normalized spacial score (nSPS) is 10.7. The molecule has 0 fully saturated rings. The summed E-state index contributed by atoms with van der Waals surface area (Å²) in [6.07, 6.45) is -0.912. The van der Waals surface area contributed by atoms with Crippen LogP contribution in [0.3, 0.4) is 0 Å². The predicted octanol–water partition coefficient (Wildman–Crippen LogP) is -0.209. The van der Waals surface area contributed by atoms with Crippen molar-refractivity contribution < 1.29 is 51.4 Å². The minimum atomic E-state index is -0.912. The van der Waals surface area contributed by atoms with Crippen LogP contribution in [-0.2, 0) is 0 Å². The van der Waals surface area contributed by atoms with Crippen LogP contribution in [0.4, 0.5) is 0 Å². The molecule has 0 N–H and O–H groups in total. The van der Waals surface area contributed by atoms with E-state index >= 15 is 0 Å². The zero-order chi connectivity index (χ0) is 13.8. The van der Waals surface area contributed by atoms with Gasteiger partial charge in [0.1, 0.15) is 0 Å². The molecule has 2 heteroatoms. The second-order valence-corrected chi connectivity index (χ2v) is 5.53. The molecule has 0 amide bonds. The Kier molecular flexibility index (Phi) is 6.03. The first kappa shape index (κ1) is 16.7. The quantitative estimate of drug-likeness (QED) is 0.587. The van der Waals surface area contributed by atoms with Gasteiger partial charge in [0.05, 0.1) is 6.15 Å². The van der Waals surface area contributed by atoms with Gasteiger partial charge in [-0.1, -0.05) is 91.0 Å². The van der Waals surface area contributed by atoms with E-state index < -0.39 is 6.15 Å². The van der Waals surface area contributed by atoms with Crippen LogP contribution in [0, 0.1) is 0 Å². The Bertz CT molecular complexity index is 569. The Morgan fingerprint density at radius 1 is 0.476 bits per heavy atom. The molecule has 0 bridgehead atoms. The molecule has 0 unspecified atom stereocenters. The van der Waals surface area contributed by atoms with E-state index in [9.17, 15) is 0 Å². The molecule has 0 aliphatic carbocycles. The maximum absolute atomic E-state index is 2.36. The molecule has 0 aromatic heterocycles. The van der Waals surface area contributed by atoms with Gasteiger partial charge in [-0.25, -0.2) is 16.4 Å². The zero-order valence-corrected chi connectivity index (χ0v) is 15.9. The summed E-state index contributed by atoms with van der Waals surface area (Å²) in [5.41, 5.74) is 4.14. The van der Waals surface area contributed by atoms with E-state index in [1.165, 1.54) is 16.4 Å². The van der Waals surface area contributed by atoms with Crippen molar-refractivity contribution in [3.63, 3.8) is 0 Å². The van der Waals surface area contributed by atoms with Crippen LogP contribution in [0.1, 0.15) is 0 Å². The molecule has 3 aromatic carbocycles. The van der Waals surface area contributed by atoms with Gasteiger partial charge >= 0.3 is 51.4 Å². The molecule has 0 saturated heterocycles. The van der Waals surface area contributed by atoms with E-state index in [1.807, 2.05) is 0 Å². The smallest absolute Gasteiger partial charge is 0.200 e. The van der Waals surface area contributed by atoms with Crippen molar-refractivity contribution in [1.82, 2.24) is 0 Å². The minimum Gasteiger partial charge on any atom is -0.200 e. The van der Waals surface area contributed by atoms with Crippen LogP contribution in [0.2, 0.25) is 6.82 Å². The second kappa shape index (κ2) is 7.57. The van der Waals surface area contributed by atoms with Gasteiger partial charge in [-0.2, -0.15) is 6.82 Å². The van der Waals surface area contributed by atoms with Crippen LogP contribution < -0.4 is 67.8 Å². The molecule has 3 aromatic rings.